The van der Waals surface area contributed by atoms with E-state index in [1.165, 1.54) is 16.7 Å². The van der Waals surface area contributed by atoms with Gasteiger partial charge in [-0.3, -0.25) is 4.79 Å². The highest BCUT2D eigenvalue weighted by atomic mass is 16.2. The molecule has 0 fully saturated rings. The Hall–Kier alpha value is -2.09. The smallest absolute Gasteiger partial charge is 0.227 e. The van der Waals surface area contributed by atoms with Crippen LogP contribution in [0.2, 0.25) is 0 Å². The van der Waals surface area contributed by atoms with Crippen LogP contribution in [0, 0.1) is 13.8 Å². The van der Waals surface area contributed by atoms with E-state index in [-0.39, 0.29) is 5.91 Å². The number of hydrogen-bond donors (Lipinski definition) is 0. The molecule has 0 heterocycles. The van der Waals surface area contributed by atoms with E-state index in [2.05, 4.69) is 26.0 Å². The Balaban J connectivity index is 1.99. The van der Waals surface area contributed by atoms with Crippen LogP contribution in [0.4, 0.5) is 0 Å². The molecule has 104 valence electrons. The maximum atomic E-state index is 12.2. The molecule has 0 saturated heterocycles. The van der Waals surface area contributed by atoms with Gasteiger partial charge in [0.05, 0.1) is 6.42 Å². The van der Waals surface area contributed by atoms with Gasteiger partial charge in [0.2, 0.25) is 5.91 Å². The van der Waals surface area contributed by atoms with E-state index in [1.807, 2.05) is 43.4 Å². The number of hydrogen-bond acceptors (Lipinski definition) is 1. The molecular formula is C18H21NO. The summed E-state index contributed by atoms with van der Waals surface area (Å²) in [5.74, 6) is 0.150. The molecule has 0 aromatic heterocycles. The standard InChI is InChI=1S/C18H21NO/c1-14-8-10-16(11-9-14)12-18(20)19(3)13-17-7-5-4-6-15(17)2/h4-11H,12-13H2,1-3H3. The Morgan fingerprint density at radius 2 is 1.65 bits per heavy atom. The van der Waals surface area contributed by atoms with Crippen molar-refractivity contribution in [1.29, 1.82) is 0 Å². The van der Waals surface area contributed by atoms with Crippen LogP contribution >= 0.6 is 0 Å². The fraction of sp³-hybridized carbons (Fsp3) is 0.278. The second-order valence-corrected chi connectivity index (χ2v) is 5.34. The van der Waals surface area contributed by atoms with Gasteiger partial charge in [-0.05, 0) is 30.5 Å². The molecule has 0 radical (unpaired) electrons. The lowest BCUT2D eigenvalue weighted by Gasteiger charge is -2.18. The van der Waals surface area contributed by atoms with Crippen molar-refractivity contribution >= 4 is 5.91 Å². The average Bonchev–Trinajstić information content (AvgIpc) is 2.44. The quantitative estimate of drug-likeness (QED) is 0.830. The molecular weight excluding hydrogens is 246 g/mol. The molecule has 2 nitrogen and oxygen atoms in total. The second-order valence-electron chi connectivity index (χ2n) is 5.34. The molecule has 0 atom stereocenters. The summed E-state index contributed by atoms with van der Waals surface area (Å²) in [5.41, 5.74) is 4.71. The molecule has 0 bridgehead atoms. The van der Waals surface area contributed by atoms with E-state index < -0.39 is 0 Å². The molecule has 2 heteroatoms. The zero-order valence-corrected chi connectivity index (χ0v) is 12.4. The average molecular weight is 267 g/mol. The number of benzene rings is 2. The summed E-state index contributed by atoms with van der Waals surface area (Å²) in [6, 6.07) is 16.3. The van der Waals surface area contributed by atoms with Gasteiger partial charge in [0, 0.05) is 13.6 Å². The Labute approximate surface area is 121 Å². The van der Waals surface area contributed by atoms with E-state index >= 15 is 0 Å². The highest BCUT2D eigenvalue weighted by molar-refractivity contribution is 5.78. The van der Waals surface area contributed by atoms with Gasteiger partial charge < -0.3 is 4.90 Å². The van der Waals surface area contributed by atoms with Crippen LogP contribution in [0.25, 0.3) is 0 Å². The summed E-state index contributed by atoms with van der Waals surface area (Å²) in [5, 5.41) is 0. The lowest BCUT2D eigenvalue weighted by molar-refractivity contribution is -0.129. The van der Waals surface area contributed by atoms with Gasteiger partial charge in [-0.15, -0.1) is 0 Å². The monoisotopic (exact) mass is 267 g/mol. The number of likely N-dealkylation sites (N-methyl/N-ethyl adjacent to an activating group) is 1. The second kappa shape index (κ2) is 6.38. The number of amides is 1. The maximum Gasteiger partial charge on any atom is 0.227 e. The maximum absolute atomic E-state index is 12.2. The predicted octanol–water partition coefficient (Wildman–Crippen LogP) is 3.50. The largest absolute Gasteiger partial charge is 0.341 e. The Morgan fingerprint density at radius 3 is 2.30 bits per heavy atom. The van der Waals surface area contributed by atoms with Gasteiger partial charge in [-0.2, -0.15) is 0 Å². The van der Waals surface area contributed by atoms with Crippen molar-refractivity contribution in [2.75, 3.05) is 7.05 Å². The predicted molar refractivity (Wildman–Crippen MR) is 82.5 cm³/mol. The first-order chi connectivity index (χ1) is 9.56. The van der Waals surface area contributed by atoms with Crippen molar-refractivity contribution in [1.82, 2.24) is 4.90 Å². The van der Waals surface area contributed by atoms with Gasteiger partial charge in [-0.1, -0.05) is 54.1 Å². The van der Waals surface area contributed by atoms with Crippen molar-refractivity contribution in [2.45, 2.75) is 26.8 Å². The number of carbonyl (C=O) groups is 1. The first kappa shape index (κ1) is 14.3. The number of rotatable bonds is 4. The lowest BCUT2D eigenvalue weighted by atomic mass is 10.1. The molecule has 2 aromatic rings. The number of aryl methyl sites for hydroxylation is 2. The molecule has 0 N–H and O–H groups in total. The van der Waals surface area contributed by atoms with E-state index in [0.29, 0.717) is 13.0 Å². The van der Waals surface area contributed by atoms with Gasteiger partial charge in [0.15, 0.2) is 0 Å². The summed E-state index contributed by atoms with van der Waals surface area (Å²) < 4.78 is 0. The Bertz CT molecular complexity index is 587. The third-order valence-corrected chi connectivity index (χ3v) is 3.57. The third-order valence-electron chi connectivity index (χ3n) is 3.57. The minimum absolute atomic E-state index is 0.150. The van der Waals surface area contributed by atoms with Crippen LogP contribution in [0.5, 0.6) is 0 Å². The molecule has 0 aliphatic rings. The van der Waals surface area contributed by atoms with Crippen molar-refractivity contribution in [3.8, 4) is 0 Å². The molecule has 0 unspecified atom stereocenters. The van der Waals surface area contributed by atoms with E-state index in [0.717, 1.165) is 5.56 Å². The molecule has 2 rings (SSSR count). The van der Waals surface area contributed by atoms with Crippen LogP contribution in [0.15, 0.2) is 48.5 Å². The zero-order chi connectivity index (χ0) is 14.5. The SMILES string of the molecule is Cc1ccc(CC(=O)N(C)Cc2ccccc2C)cc1. The topological polar surface area (TPSA) is 20.3 Å². The van der Waals surface area contributed by atoms with Gasteiger partial charge in [0.1, 0.15) is 0 Å². The fourth-order valence-electron chi connectivity index (χ4n) is 2.15. The molecule has 20 heavy (non-hydrogen) atoms. The Morgan fingerprint density at radius 1 is 1.00 bits per heavy atom. The van der Waals surface area contributed by atoms with Gasteiger partial charge >= 0.3 is 0 Å². The first-order valence-electron chi connectivity index (χ1n) is 6.90. The van der Waals surface area contributed by atoms with Crippen LogP contribution in [-0.4, -0.2) is 17.9 Å². The molecule has 1 amide bonds. The van der Waals surface area contributed by atoms with Gasteiger partial charge in [-0.25, -0.2) is 0 Å². The van der Waals surface area contributed by atoms with Crippen molar-refractivity contribution in [2.24, 2.45) is 0 Å². The molecule has 2 aromatic carbocycles. The first-order valence-corrected chi connectivity index (χ1v) is 6.90. The van der Waals surface area contributed by atoms with Crippen LogP contribution in [-0.2, 0) is 17.8 Å². The van der Waals surface area contributed by atoms with Crippen molar-refractivity contribution < 1.29 is 4.79 Å². The minimum Gasteiger partial charge on any atom is -0.341 e. The highest BCUT2D eigenvalue weighted by Gasteiger charge is 2.11. The molecule has 0 aliphatic heterocycles. The fourth-order valence-corrected chi connectivity index (χ4v) is 2.15. The van der Waals surface area contributed by atoms with E-state index in [1.54, 1.807) is 4.90 Å². The van der Waals surface area contributed by atoms with Crippen molar-refractivity contribution in [3.05, 3.63) is 70.8 Å². The van der Waals surface area contributed by atoms with E-state index in [9.17, 15) is 4.79 Å². The van der Waals surface area contributed by atoms with E-state index in [4.69, 9.17) is 0 Å². The molecule has 0 spiro atoms. The van der Waals surface area contributed by atoms with Gasteiger partial charge in [0.25, 0.3) is 0 Å². The summed E-state index contributed by atoms with van der Waals surface area (Å²) in [7, 11) is 1.86. The Kier molecular flexibility index (Phi) is 4.57. The summed E-state index contributed by atoms with van der Waals surface area (Å²) in [4.78, 5) is 14.0. The summed E-state index contributed by atoms with van der Waals surface area (Å²) in [6.07, 6.45) is 0.461. The number of nitrogens with zero attached hydrogens (tertiary/aromatic N) is 1. The third kappa shape index (κ3) is 3.70. The zero-order valence-electron chi connectivity index (χ0n) is 12.4. The minimum atomic E-state index is 0.150. The lowest BCUT2D eigenvalue weighted by Crippen LogP contribution is -2.28. The normalized spacial score (nSPS) is 10.3. The molecule has 0 aliphatic carbocycles. The van der Waals surface area contributed by atoms with Crippen LogP contribution in [0.3, 0.4) is 0 Å². The van der Waals surface area contributed by atoms with Crippen LogP contribution < -0.4 is 0 Å². The highest BCUT2D eigenvalue weighted by Crippen LogP contribution is 2.11. The summed E-state index contributed by atoms with van der Waals surface area (Å²) in [6.45, 7) is 4.79. The van der Waals surface area contributed by atoms with Crippen molar-refractivity contribution in [3.63, 3.8) is 0 Å². The number of carbonyl (C=O) groups excluding carboxylic acids is 1. The van der Waals surface area contributed by atoms with Crippen LogP contribution in [0.1, 0.15) is 22.3 Å². The molecule has 0 saturated carbocycles. The summed E-state index contributed by atoms with van der Waals surface area (Å²) >= 11 is 0.